The Hall–Kier alpha value is -1.24. The summed E-state index contributed by atoms with van der Waals surface area (Å²) in [6.45, 7) is 4.17. The largest absolute Gasteiger partial charge is 0.271 e. The van der Waals surface area contributed by atoms with E-state index in [2.05, 4.69) is 45.3 Å². The number of rotatable bonds is 5. The summed E-state index contributed by atoms with van der Waals surface area (Å²) in [7, 11) is 0. The highest BCUT2D eigenvalue weighted by Gasteiger charge is 2.15. The van der Waals surface area contributed by atoms with Gasteiger partial charge >= 0.3 is 0 Å². The minimum Gasteiger partial charge on any atom is -0.271 e. The standard InChI is InChI=1S/C13H18BrN5/c1-9(2)19-13(16-8-17-19)7-12(18-15)10-3-5-11(14)6-4-10/h3-6,8-9,12,18H,7,15H2,1-2H3. The third kappa shape index (κ3) is 3.40. The van der Waals surface area contributed by atoms with Crippen molar-refractivity contribution in [2.45, 2.75) is 32.4 Å². The van der Waals surface area contributed by atoms with Gasteiger partial charge in [-0.25, -0.2) is 9.67 Å². The molecule has 0 aliphatic carbocycles. The average molecular weight is 324 g/mol. The molecular weight excluding hydrogens is 306 g/mol. The van der Waals surface area contributed by atoms with Gasteiger partial charge in [-0.15, -0.1) is 0 Å². The van der Waals surface area contributed by atoms with Crippen molar-refractivity contribution in [3.05, 3.63) is 46.5 Å². The summed E-state index contributed by atoms with van der Waals surface area (Å²) in [5.74, 6) is 6.60. The number of nitrogens with two attached hydrogens (primary N) is 1. The van der Waals surface area contributed by atoms with Gasteiger partial charge in [0.15, 0.2) is 0 Å². The van der Waals surface area contributed by atoms with E-state index >= 15 is 0 Å². The first kappa shape index (κ1) is 14.2. The second kappa shape index (κ2) is 6.27. The fourth-order valence-corrected chi connectivity index (χ4v) is 2.27. The Morgan fingerprint density at radius 1 is 1.32 bits per heavy atom. The van der Waals surface area contributed by atoms with Crippen LogP contribution >= 0.6 is 15.9 Å². The first-order valence-electron chi connectivity index (χ1n) is 6.21. The Morgan fingerprint density at radius 2 is 2.00 bits per heavy atom. The Labute approximate surface area is 121 Å². The van der Waals surface area contributed by atoms with Crippen LogP contribution in [0.5, 0.6) is 0 Å². The number of hydrogen-bond donors (Lipinski definition) is 2. The Balaban J connectivity index is 2.19. The smallest absolute Gasteiger partial charge is 0.138 e. The number of aromatic nitrogens is 3. The van der Waals surface area contributed by atoms with Crippen molar-refractivity contribution in [3.8, 4) is 0 Å². The summed E-state index contributed by atoms with van der Waals surface area (Å²) in [5, 5.41) is 4.24. The lowest BCUT2D eigenvalue weighted by atomic mass is 10.0. The Kier molecular flexibility index (Phi) is 4.68. The molecule has 0 spiro atoms. The Morgan fingerprint density at radius 3 is 2.58 bits per heavy atom. The summed E-state index contributed by atoms with van der Waals surface area (Å²) in [4.78, 5) is 4.32. The summed E-state index contributed by atoms with van der Waals surface area (Å²) in [6.07, 6.45) is 2.29. The van der Waals surface area contributed by atoms with E-state index < -0.39 is 0 Å². The third-order valence-corrected chi connectivity index (χ3v) is 3.53. The number of benzene rings is 1. The molecule has 3 N–H and O–H groups in total. The maximum Gasteiger partial charge on any atom is 0.138 e. The molecule has 1 heterocycles. The molecular formula is C13H18BrN5. The van der Waals surface area contributed by atoms with Gasteiger partial charge in [0, 0.05) is 16.9 Å². The zero-order valence-electron chi connectivity index (χ0n) is 11.0. The van der Waals surface area contributed by atoms with Gasteiger partial charge in [-0.1, -0.05) is 28.1 Å². The van der Waals surface area contributed by atoms with Crippen LogP contribution in [0.2, 0.25) is 0 Å². The van der Waals surface area contributed by atoms with Gasteiger partial charge in [0.2, 0.25) is 0 Å². The molecule has 0 aliphatic heterocycles. The molecule has 1 atom stereocenters. The quantitative estimate of drug-likeness (QED) is 0.654. The fraction of sp³-hybridized carbons (Fsp3) is 0.385. The predicted molar refractivity (Wildman–Crippen MR) is 78.3 cm³/mol. The number of nitrogens with one attached hydrogen (secondary N) is 1. The summed E-state index contributed by atoms with van der Waals surface area (Å²) < 4.78 is 2.97. The maximum absolute atomic E-state index is 5.67. The van der Waals surface area contributed by atoms with Crippen molar-refractivity contribution < 1.29 is 0 Å². The van der Waals surface area contributed by atoms with Gasteiger partial charge in [0.05, 0.1) is 6.04 Å². The molecule has 0 radical (unpaired) electrons. The molecule has 102 valence electrons. The van der Waals surface area contributed by atoms with Crippen molar-refractivity contribution in [2.24, 2.45) is 5.84 Å². The van der Waals surface area contributed by atoms with Crippen LogP contribution in [-0.2, 0) is 6.42 Å². The summed E-state index contributed by atoms with van der Waals surface area (Å²) in [5.41, 5.74) is 3.97. The highest BCUT2D eigenvalue weighted by Crippen LogP contribution is 2.20. The molecule has 1 unspecified atom stereocenters. The van der Waals surface area contributed by atoms with E-state index in [1.54, 1.807) is 6.33 Å². The highest BCUT2D eigenvalue weighted by atomic mass is 79.9. The molecule has 0 amide bonds. The number of halogens is 1. The molecule has 2 rings (SSSR count). The third-order valence-electron chi connectivity index (χ3n) is 3.00. The van der Waals surface area contributed by atoms with E-state index in [9.17, 15) is 0 Å². The van der Waals surface area contributed by atoms with Gasteiger partial charge in [0.1, 0.15) is 12.2 Å². The van der Waals surface area contributed by atoms with Crippen LogP contribution in [0.1, 0.15) is 37.3 Å². The van der Waals surface area contributed by atoms with Crippen molar-refractivity contribution in [1.82, 2.24) is 20.2 Å². The van der Waals surface area contributed by atoms with Gasteiger partial charge in [-0.2, -0.15) is 5.10 Å². The van der Waals surface area contributed by atoms with E-state index in [1.807, 2.05) is 28.9 Å². The predicted octanol–water partition coefficient (Wildman–Crippen LogP) is 2.37. The molecule has 0 aliphatic rings. The number of hydrazine groups is 1. The van der Waals surface area contributed by atoms with Crippen molar-refractivity contribution in [2.75, 3.05) is 0 Å². The molecule has 5 nitrogen and oxygen atoms in total. The lowest BCUT2D eigenvalue weighted by Gasteiger charge is -2.17. The number of hydrogen-bond acceptors (Lipinski definition) is 4. The molecule has 1 aromatic heterocycles. The first-order valence-corrected chi connectivity index (χ1v) is 7.01. The monoisotopic (exact) mass is 323 g/mol. The minimum atomic E-state index is 0.0230. The zero-order chi connectivity index (χ0) is 13.8. The summed E-state index contributed by atoms with van der Waals surface area (Å²) >= 11 is 3.43. The maximum atomic E-state index is 5.67. The molecule has 19 heavy (non-hydrogen) atoms. The second-order valence-electron chi connectivity index (χ2n) is 4.69. The van der Waals surface area contributed by atoms with E-state index in [4.69, 9.17) is 5.84 Å². The SMILES string of the molecule is CC(C)n1ncnc1CC(NN)c1ccc(Br)cc1. The molecule has 0 saturated carbocycles. The molecule has 1 aromatic carbocycles. The van der Waals surface area contributed by atoms with Crippen LogP contribution in [0.4, 0.5) is 0 Å². The lowest BCUT2D eigenvalue weighted by molar-refractivity contribution is 0.468. The average Bonchev–Trinajstić information content (AvgIpc) is 2.85. The van der Waals surface area contributed by atoms with Gasteiger partial charge in [-0.05, 0) is 31.5 Å². The Bertz CT molecular complexity index is 520. The molecule has 2 aromatic rings. The first-order chi connectivity index (χ1) is 9.11. The summed E-state index contributed by atoms with van der Waals surface area (Å²) in [6, 6.07) is 8.42. The molecule has 0 bridgehead atoms. The highest BCUT2D eigenvalue weighted by molar-refractivity contribution is 9.10. The van der Waals surface area contributed by atoms with Crippen molar-refractivity contribution >= 4 is 15.9 Å². The van der Waals surface area contributed by atoms with Gasteiger partial charge in [-0.3, -0.25) is 11.3 Å². The molecule has 0 saturated heterocycles. The van der Waals surface area contributed by atoms with Crippen LogP contribution in [0.15, 0.2) is 35.1 Å². The topological polar surface area (TPSA) is 68.8 Å². The normalized spacial score (nSPS) is 12.9. The zero-order valence-corrected chi connectivity index (χ0v) is 12.6. The van der Waals surface area contributed by atoms with Gasteiger partial charge < -0.3 is 0 Å². The van der Waals surface area contributed by atoms with Crippen LogP contribution in [0, 0.1) is 0 Å². The van der Waals surface area contributed by atoms with Crippen LogP contribution in [0.3, 0.4) is 0 Å². The number of nitrogens with zero attached hydrogens (tertiary/aromatic N) is 3. The van der Waals surface area contributed by atoms with E-state index in [-0.39, 0.29) is 6.04 Å². The minimum absolute atomic E-state index is 0.0230. The molecule has 6 heteroatoms. The van der Waals surface area contributed by atoms with Crippen molar-refractivity contribution in [1.29, 1.82) is 0 Å². The fourth-order valence-electron chi connectivity index (χ4n) is 2.00. The van der Waals surface area contributed by atoms with Crippen LogP contribution < -0.4 is 11.3 Å². The van der Waals surface area contributed by atoms with E-state index in [0.29, 0.717) is 12.5 Å². The molecule has 0 fully saturated rings. The van der Waals surface area contributed by atoms with Crippen LogP contribution in [0.25, 0.3) is 0 Å². The van der Waals surface area contributed by atoms with Crippen molar-refractivity contribution in [3.63, 3.8) is 0 Å². The van der Waals surface area contributed by atoms with Gasteiger partial charge in [0.25, 0.3) is 0 Å². The van der Waals surface area contributed by atoms with E-state index in [0.717, 1.165) is 15.9 Å². The van der Waals surface area contributed by atoms with Crippen LogP contribution in [-0.4, -0.2) is 14.8 Å². The van der Waals surface area contributed by atoms with E-state index in [1.165, 1.54) is 0 Å². The second-order valence-corrected chi connectivity index (χ2v) is 5.61. The lowest BCUT2D eigenvalue weighted by Crippen LogP contribution is -2.30.